The SMILES string of the molecule is Cc1ccc(-c2ccc(COC3CC(=O)C(N4CCSCC4)C3CCC=CCCC(=O)O)cc2)cc1. The summed E-state index contributed by atoms with van der Waals surface area (Å²) in [7, 11) is 0. The summed E-state index contributed by atoms with van der Waals surface area (Å²) in [6.45, 7) is 4.51. The Labute approximate surface area is 218 Å². The van der Waals surface area contributed by atoms with E-state index in [-0.39, 0.29) is 24.5 Å². The first kappa shape index (κ1) is 26.6. The minimum atomic E-state index is -0.774. The van der Waals surface area contributed by atoms with Crippen molar-refractivity contribution in [2.45, 2.75) is 57.8 Å². The number of carbonyl (C=O) groups is 2. The molecule has 3 atom stereocenters. The molecule has 0 amide bonds. The number of carboxylic acids is 1. The van der Waals surface area contributed by atoms with Gasteiger partial charge in [-0.1, -0.05) is 66.2 Å². The molecule has 2 fully saturated rings. The van der Waals surface area contributed by atoms with E-state index < -0.39 is 5.97 Å². The smallest absolute Gasteiger partial charge is 0.303 e. The van der Waals surface area contributed by atoms with Gasteiger partial charge in [0, 0.05) is 43.4 Å². The summed E-state index contributed by atoms with van der Waals surface area (Å²) in [5.41, 5.74) is 4.75. The Morgan fingerprint density at radius 2 is 1.67 bits per heavy atom. The average molecular weight is 508 g/mol. The first-order chi connectivity index (χ1) is 17.5. The number of thioether (sulfide) groups is 1. The summed E-state index contributed by atoms with van der Waals surface area (Å²) in [6.07, 6.45) is 6.82. The van der Waals surface area contributed by atoms with Gasteiger partial charge in [-0.05, 0) is 42.9 Å². The van der Waals surface area contributed by atoms with Gasteiger partial charge < -0.3 is 9.84 Å². The van der Waals surface area contributed by atoms with Crippen molar-refractivity contribution in [1.82, 2.24) is 4.90 Å². The lowest BCUT2D eigenvalue weighted by molar-refractivity contribution is -0.136. The number of hydrogen-bond acceptors (Lipinski definition) is 5. The van der Waals surface area contributed by atoms with Crippen molar-refractivity contribution in [3.05, 3.63) is 71.8 Å². The molecule has 192 valence electrons. The molecule has 36 heavy (non-hydrogen) atoms. The van der Waals surface area contributed by atoms with Gasteiger partial charge in [-0.2, -0.15) is 11.8 Å². The zero-order valence-electron chi connectivity index (χ0n) is 21.1. The lowest BCUT2D eigenvalue weighted by Gasteiger charge is -2.35. The topological polar surface area (TPSA) is 66.8 Å². The normalized spacial score (nSPS) is 22.9. The number of rotatable bonds is 11. The van der Waals surface area contributed by atoms with E-state index in [1.807, 2.05) is 17.8 Å². The van der Waals surface area contributed by atoms with E-state index in [0.29, 0.717) is 25.2 Å². The quantitative estimate of drug-likeness (QED) is 0.391. The third-order valence-electron chi connectivity index (χ3n) is 7.22. The molecule has 1 aliphatic heterocycles. The Bertz CT molecular complexity index is 1030. The second-order valence-electron chi connectivity index (χ2n) is 9.82. The zero-order chi connectivity index (χ0) is 25.3. The van der Waals surface area contributed by atoms with Gasteiger partial charge in [0.1, 0.15) is 0 Å². The molecule has 4 rings (SSSR count). The Kier molecular flexibility index (Phi) is 9.79. The number of hydrogen-bond donors (Lipinski definition) is 1. The summed E-state index contributed by atoms with van der Waals surface area (Å²) in [5, 5.41) is 8.83. The maximum Gasteiger partial charge on any atom is 0.303 e. The summed E-state index contributed by atoms with van der Waals surface area (Å²) in [5.74, 6) is 1.84. The van der Waals surface area contributed by atoms with E-state index in [1.54, 1.807) is 0 Å². The van der Waals surface area contributed by atoms with Crippen LogP contribution in [0.3, 0.4) is 0 Å². The molecule has 3 unspecified atom stereocenters. The van der Waals surface area contributed by atoms with Gasteiger partial charge in [-0.25, -0.2) is 0 Å². The van der Waals surface area contributed by atoms with E-state index in [9.17, 15) is 9.59 Å². The third-order valence-corrected chi connectivity index (χ3v) is 8.16. The summed E-state index contributed by atoms with van der Waals surface area (Å²) < 4.78 is 6.41. The molecule has 1 saturated heterocycles. The minimum Gasteiger partial charge on any atom is -0.481 e. The Morgan fingerprint density at radius 1 is 1.03 bits per heavy atom. The molecule has 0 bridgehead atoms. The average Bonchev–Trinajstić information content (AvgIpc) is 3.20. The first-order valence-electron chi connectivity index (χ1n) is 13.0. The highest BCUT2D eigenvalue weighted by molar-refractivity contribution is 7.99. The second kappa shape index (κ2) is 13.2. The molecule has 1 aliphatic carbocycles. The predicted octanol–water partition coefficient (Wildman–Crippen LogP) is 5.75. The van der Waals surface area contributed by atoms with Crippen LogP contribution in [-0.2, 0) is 20.9 Å². The Morgan fingerprint density at radius 3 is 2.33 bits per heavy atom. The van der Waals surface area contributed by atoms with E-state index in [2.05, 4.69) is 66.4 Å². The predicted molar refractivity (Wildman–Crippen MR) is 146 cm³/mol. The molecule has 2 aromatic rings. The van der Waals surface area contributed by atoms with Crippen molar-refractivity contribution < 1.29 is 19.4 Å². The van der Waals surface area contributed by atoms with Gasteiger partial charge in [0.05, 0.1) is 18.8 Å². The third kappa shape index (κ3) is 7.31. The highest BCUT2D eigenvalue weighted by Gasteiger charge is 2.45. The van der Waals surface area contributed by atoms with Crippen molar-refractivity contribution in [1.29, 1.82) is 0 Å². The number of ketones is 1. The molecule has 0 aromatic heterocycles. The molecular formula is C30H37NO4S. The zero-order valence-corrected chi connectivity index (χ0v) is 21.9. The van der Waals surface area contributed by atoms with Gasteiger partial charge in [-0.3, -0.25) is 14.5 Å². The number of allylic oxidation sites excluding steroid dienone is 2. The molecule has 1 N–H and O–H groups in total. The van der Waals surface area contributed by atoms with Crippen LogP contribution in [0, 0.1) is 12.8 Å². The fourth-order valence-corrected chi connectivity index (χ4v) is 6.17. The van der Waals surface area contributed by atoms with Crippen LogP contribution in [0.1, 0.15) is 43.2 Å². The summed E-state index contributed by atoms with van der Waals surface area (Å²) in [6, 6.07) is 17.0. The van der Waals surface area contributed by atoms with Crippen LogP contribution < -0.4 is 0 Å². The molecule has 6 heteroatoms. The molecule has 1 heterocycles. The highest BCUT2D eigenvalue weighted by atomic mass is 32.2. The molecular weight excluding hydrogens is 470 g/mol. The Balaban J connectivity index is 1.38. The fourth-order valence-electron chi connectivity index (χ4n) is 5.24. The van der Waals surface area contributed by atoms with Crippen molar-refractivity contribution in [3.8, 4) is 11.1 Å². The van der Waals surface area contributed by atoms with E-state index in [4.69, 9.17) is 9.84 Å². The number of carbonyl (C=O) groups excluding carboxylic acids is 1. The lowest BCUT2D eigenvalue weighted by atomic mass is 9.93. The molecule has 0 spiro atoms. The highest BCUT2D eigenvalue weighted by Crippen LogP contribution is 2.35. The van der Waals surface area contributed by atoms with Gasteiger partial charge in [-0.15, -0.1) is 0 Å². The van der Waals surface area contributed by atoms with E-state index >= 15 is 0 Å². The van der Waals surface area contributed by atoms with Crippen LogP contribution in [0.4, 0.5) is 0 Å². The summed E-state index contributed by atoms with van der Waals surface area (Å²) in [4.78, 5) is 26.2. The van der Waals surface area contributed by atoms with Crippen molar-refractivity contribution in [2.24, 2.45) is 5.92 Å². The van der Waals surface area contributed by atoms with Crippen LogP contribution in [0.15, 0.2) is 60.7 Å². The number of aliphatic carboxylic acids is 1. The van der Waals surface area contributed by atoms with Crippen LogP contribution in [0.5, 0.6) is 0 Å². The molecule has 2 aliphatic rings. The maximum absolute atomic E-state index is 13.1. The molecule has 0 radical (unpaired) electrons. The fraction of sp³-hybridized carbons (Fsp3) is 0.467. The molecule has 1 saturated carbocycles. The first-order valence-corrected chi connectivity index (χ1v) is 14.2. The van der Waals surface area contributed by atoms with Crippen molar-refractivity contribution in [3.63, 3.8) is 0 Å². The second-order valence-corrected chi connectivity index (χ2v) is 11.0. The largest absolute Gasteiger partial charge is 0.481 e. The van der Waals surface area contributed by atoms with E-state index in [0.717, 1.165) is 43.0 Å². The van der Waals surface area contributed by atoms with Gasteiger partial charge in [0.25, 0.3) is 0 Å². The van der Waals surface area contributed by atoms with Crippen LogP contribution >= 0.6 is 11.8 Å². The minimum absolute atomic E-state index is 0.0627. The van der Waals surface area contributed by atoms with Gasteiger partial charge in [0.15, 0.2) is 5.78 Å². The van der Waals surface area contributed by atoms with Crippen molar-refractivity contribution in [2.75, 3.05) is 24.6 Å². The lowest BCUT2D eigenvalue weighted by Crippen LogP contribution is -2.47. The van der Waals surface area contributed by atoms with Crippen LogP contribution in [0.25, 0.3) is 11.1 Å². The standard InChI is InChI=1S/C30H37NO4S/c1-22-8-12-24(13-9-22)25-14-10-23(11-15-25)21-35-28-20-27(32)30(31-16-18-36-19-17-31)26(28)6-4-2-3-5-7-29(33)34/h2-3,8-15,26,28,30H,4-7,16-21H2,1H3,(H,33,34). The van der Waals surface area contributed by atoms with Crippen LogP contribution in [0.2, 0.25) is 0 Å². The molecule has 5 nitrogen and oxygen atoms in total. The number of ether oxygens (including phenoxy) is 1. The number of nitrogens with zero attached hydrogens (tertiary/aromatic N) is 1. The van der Waals surface area contributed by atoms with Crippen LogP contribution in [-0.4, -0.2) is 58.5 Å². The van der Waals surface area contributed by atoms with Gasteiger partial charge in [0.2, 0.25) is 0 Å². The number of carboxylic acid groups (broad SMARTS) is 1. The molecule has 2 aromatic carbocycles. The van der Waals surface area contributed by atoms with Gasteiger partial charge >= 0.3 is 5.97 Å². The monoisotopic (exact) mass is 507 g/mol. The van der Waals surface area contributed by atoms with E-state index in [1.165, 1.54) is 16.7 Å². The number of Topliss-reactive ketones (excluding diaryl/α,β-unsaturated/α-hetero) is 1. The summed E-state index contributed by atoms with van der Waals surface area (Å²) >= 11 is 1.95. The maximum atomic E-state index is 13.1. The Hall–Kier alpha value is -2.41. The number of aryl methyl sites for hydroxylation is 1. The number of benzene rings is 2. The van der Waals surface area contributed by atoms with Crippen molar-refractivity contribution >= 4 is 23.5 Å².